The largest absolute Gasteiger partial charge is 0.497 e. The number of likely N-dealkylation sites (tertiary alicyclic amines) is 1. The van der Waals surface area contributed by atoms with Crippen LogP contribution in [-0.2, 0) is 0 Å². The van der Waals surface area contributed by atoms with Crippen molar-refractivity contribution in [3.05, 3.63) is 42.2 Å². The Morgan fingerprint density at radius 3 is 2.52 bits per heavy atom. The lowest BCUT2D eigenvalue weighted by molar-refractivity contribution is 0.0775. The van der Waals surface area contributed by atoms with E-state index in [0.29, 0.717) is 17.5 Å². The summed E-state index contributed by atoms with van der Waals surface area (Å²) in [5.41, 5.74) is 1.42. The van der Waals surface area contributed by atoms with Crippen LogP contribution in [0.15, 0.2) is 36.5 Å². The van der Waals surface area contributed by atoms with Crippen molar-refractivity contribution in [1.29, 1.82) is 0 Å². The van der Waals surface area contributed by atoms with E-state index in [0.717, 1.165) is 37.6 Å². The molecule has 2 fully saturated rings. The number of nitrogens with zero attached hydrogens (tertiary/aromatic N) is 3. The predicted octanol–water partition coefficient (Wildman–Crippen LogP) is 1.17. The van der Waals surface area contributed by atoms with E-state index in [1.54, 1.807) is 17.9 Å². The van der Waals surface area contributed by atoms with Gasteiger partial charge in [-0.1, -0.05) is 0 Å². The van der Waals surface area contributed by atoms with Gasteiger partial charge in [0, 0.05) is 32.4 Å². The van der Waals surface area contributed by atoms with E-state index in [4.69, 9.17) is 4.74 Å². The molecule has 2 aliphatic rings. The molecular formula is C17H20N4O2. The highest BCUT2D eigenvalue weighted by Crippen LogP contribution is 2.27. The summed E-state index contributed by atoms with van der Waals surface area (Å²) in [5, 5.41) is 7.83. The number of nitrogens with one attached hydrogen (secondary N) is 1. The van der Waals surface area contributed by atoms with E-state index < -0.39 is 0 Å². The number of rotatable bonds is 3. The quantitative estimate of drug-likeness (QED) is 0.924. The molecule has 6 heteroatoms. The zero-order valence-electron chi connectivity index (χ0n) is 13.1. The van der Waals surface area contributed by atoms with Crippen molar-refractivity contribution in [2.24, 2.45) is 11.8 Å². The Morgan fingerprint density at radius 2 is 1.87 bits per heavy atom. The molecular weight excluding hydrogens is 292 g/mol. The normalized spacial score (nSPS) is 23.1. The molecule has 1 aromatic carbocycles. The molecule has 0 bridgehead atoms. The number of fused-ring (bicyclic) bond motifs is 1. The number of aromatic nitrogens is 2. The summed E-state index contributed by atoms with van der Waals surface area (Å²) in [7, 11) is 1.64. The molecule has 0 radical (unpaired) electrons. The molecule has 120 valence electrons. The van der Waals surface area contributed by atoms with Crippen molar-refractivity contribution in [1.82, 2.24) is 20.0 Å². The van der Waals surface area contributed by atoms with E-state index in [9.17, 15) is 4.79 Å². The standard InChI is InChI=1S/C17H20N4O2/c1-23-15-4-2-14(3-5-15)21-7-6-16(19-21)17(22)20-10-12-8-18-9-13(12)11-20/h2-7,12-13,18H,8-11H2,1H3/t12-,13+. The summed E-state index contributed by atoms with van der Waals surface area (Å²) in [4.78, 5) is 14.6. The third-order valence-electron chi connectivity index (χ3n) is 4.82. The molecule has 0 spiro atoms. The number of ether oxygens (including phenoxy) is 1. The molecule has 0 unspecified atom stereocenters. The molecule has 0 saturated carbocycles. The van der Waals surface area contributed by atoms with Gasteiger partial charge in [-0.15, -0.1) is 0 Å². The molecule has 2 aliphatic heterocycles. The lowest BCUT2D eigenvalue weighted by atomic mass is 10.0. The minimum absolute atomic E-state index is 0.0339. The summed E-state index contributed by atoms with van der Waals surface area (Å²) in [6.07, 6.45) is 1.83. The summed E-state index contributed by atoms with van der Waals surface area (Å²) in [6.45, 7) is 3.72. The lowest BCUT2D eigenvalue weighted by Gasteiger charge is -2.15. The Balaban J connectivity index is 1.50. The van der Waals surface area contributed by atoms with E-state index in [1.807, 2.05) is 35.4 Å². The fraction of sp³-hybridized carbons (Fsp3) is 0.412. The smallest absolute Gasteiger partial charge is 0.274 e. The van der Waals surface area contributed by atoms with Crippen molar-refractivity contribution in [2.75, 3.05) is 33.3 Å². The number of hydrogen-bond donors (Lipinski definition) is 1. The van der Waals surface area contributed by atoms with Gasteiger partial charge in [0.05, 0.1) is 12.8 Å². The van der Waals surface area contributed by atoms with E-state index >= 15 is 0 Å². The van der Waals surface area contributed by atoms with Crippen LogP contribution < -0.4 is 10.1 Å². The van der Waals surface area contributed by atoms with E-state index in [1.165, 1.54) is 0 Å². The highest BCUT2D eigenvalue weighted by Gasteiger charge is 2.38. The molecule has 1 amide bonds. The van der Waals surface area contributed by atoms with Gasteiger partial charge in [-0.25, -0.2) is 4.68 Å². The van der Waals surface area contributed by atoms with Crippen molar-refractivity contribution in [3.8, 4) is 11.4 Å². The lowest BCUT2D eigenvalue weighted by Crippen LogP contribution is -2.32. The number of methoxy groups -OCH3 is 1. The van der Waals surface area contributed by atoms with Crippen molar-refractivity contribution in [3.63, 3.8) is 0 Å². The molecule has 1 aromatic heterocycles. The van der Waals surface area contributed by atoms with Crippen molar-refractivity contribution in [2.45, 2.75) is 0 Å². The molecule has 1 N–H and O–H groups in total. The van der Waals surface area contributed by atoms with Gasteiger partial charge in [0.15, 0.2) is 5.69 Å². The summed E-state index contributed by atoms with van der Waals surface area (Å²) >= 11 is 0. The van der Waals surface area contributed by atoms with E-state index in [2.05, 4.69) is 10.4 Å². The molecule has 2 atom stereocenters. The van der Waals surface area contributed by atoms with Gasteiger partial charge in [0.2, 0.25) is 0 Å². The van der Waals surface area contributed by atoms with Crippen LogP contribution in [0.2, 0.25) is 0 Å². The van der Waals surface area contributed by atoms with Gasteiger partial charge in [-0.2, -0.15) is 5.10 Å². The second-order valence-electron chi connectivity index (χ2n) is 6.23. The fourth-order valence-electron chi connectivity index (χ4n) is 3.50. The maximum Gasteiger partial charge on any atom is 0.274 e. The number of carbonyl (C=O) groups excluding carboxylic acids is 1. The first-order valence-electron chi connectivity index (χ1n) is 7.94. The fourth-order valence-corrected chi connectivity index (χ4v) is 3.50. The summed E-state index contributed by atoms with van der Waals surface area (Å²) in [5.74, 6) is 2.03. The van der Waals surface area contributed by atoms with Crippen molar-refractivity contribution < 1.29 is 9.53 Å². The highest BCUT2D eigenvalue weighted by atomic mass is 16.5. The van der Waals surface area contributed by atoms with Gasteiger partial charge in [-0.05, 0) is 42.2 Å². The van der Waals surface area contributed by atoms with Crippen molar-refractivity contribution >= 4 is 5.91 Å². The number of amides is 1. The van der Waals surface area contributed by atoms with Gasteiger partial charge < -0.3 is 15.0 Å². The minimum Gasteiger partial charge on any atom is -0.497 e. The Kier molecular flexibility index (Phi) is 3.53. The van der Waals surface area contributed by atoms with Gasteiger partial charge >= 0.3 is 0 Å². The van der Waals surface area contributed by atoms with Crippen LogP contribution in [0.5, 0.6) is 5.75 Å². The predicted molar refractivity (Wildman–Crippen MR) is 85.9 cm³/mol. The van der Waals surface area contributed by atoms with Gasteiger partial charge in [0.1, 0.15) is 5.75 Å². The molecule has 2 saturated heterocycles. The molecule has 6 nitrogen and oxygen atoms in total. The maximum atomic E-state index is 12.6. The van der Waals surface area contributed by atoms with Gasteiger partial charge in [0.25, 0.3) is 5.91 Å². The minimum atomic E-state index is 0.0339. The maximum absolute atomic E-state index is 12.6. The van der Waals surface area contributed by atoms with Crippen LogP contribution in [-0.4, -0.2) is 53.9 Å². The van der Waals surface area contributed by atoms with Gasteiger partial charge in [-0.3, -0.25) is 4.79 Å². The van der Waals surface area contributed by atoms with Crippen LogP contribution in [0.3, 0.4) is 0 Å². The Labute approximate surface area is 135 Å². The molecule has 3 heterocycles. The molecule has 23 heavy (non-hydrogen) atoms. The zero-order chi connectivity index (χ0) is 15.8. The average Bonchev–Trinajstić information content (AvgIpc) is 3.29. The molecule has 2 aromatic rings. The summed E-state index contributed by atoms with van der Waals surface area (Å²) < 4.78 is 6.88. The third-order valence-corrected chi connectivity index (χ3v) is 4.82. The van der Waals surface area contributed by atoms with Crippen LogP contribution in [0.1, 0.15) is 10.5 Å². The Hall–Kier alpha value is -2.34. The van der Waals surface area contributed by atoms with Crippen LogP contribution in [0.4, 0.5) is 0 Å². The first kappa shape index (κ1) is 14.3. The summed E-state index contributed by atoms with van der Waals surface area (Å²) in [6, 6.07) is 9.40. The first-order valence-corrected chi connectivity index (χ1v) is 7.94. The van der Waals surface area contributed by atoms with Crippen LogP contribution in [0.25, 0.3) is 5.69 Å². The third kappa shape index (κ3) is 2.59. The molecule has 0 aliphatic carbocycles. The average molecular weight is 312 g/mol. The SMILES string of the molecule is COc1ccc(-n2ccc(C(=O)N3C[C@H]4CNC[C@H]4C3)n2)cc1. The molecule has 4 rings (SSSR count). The topological polar surface area (TPSA) is 59.4 Å². The second kappa shape index (κ2) is 5.70. The Morgan fingerprint density at radius 1 is 1.17 bits per heavy atom. The number of hydrogen-bond acceptors (Lipinski definition) is 4. The second-order valence-corrected chi connectivity index (χ2v) is 6.23. The first-order chi connectivity index (χ1) is 11.2. The number of benzene rings is 1. The van der Waals surface area contributed by atoms with Crippen LogP contribution >= 0.6 is 0 Å². The van der Waals surface area contributed by atoms with Crippen LogP contribution in [0, 0.1) is 11.8 Å². The Bertz CT molecular complexity index is 698. The monoisotopic (exact) mass is 312 g/mol. The van der Waals surface area contributed by atoms with E-state index in [-0.39, 0.29) is 5.91 Å². The highest BCUT2D eigenvalue weighted by molar-refractivity contribution is 5.92. The number of carbonyl (C=O) groups is 1. The zero-order valence-corrected chi connectivity index (χ0v) is 13.1.